The van der Waals surface area contributed by atoms with Crippen LogP contribution in [0.25, 0.3) is 0 Å². The number of rotatable bonds is 5. The molecular formula is C13H19F2N. The van der Waals surface area contributed by atoms with E-state index < -0.39 is 11.6 Å². The molecule has 0 fully saturated rings. The number of hydrogen-bond acceptors (Lipinski definition) is 1. The van der Waals surface area contributed by atoms with Crippen LogP contribution in [0.15, 0.2) is 18.2 Å². The van der Waals surface area contributed by atoms with Gasteiger partial charge in [-0.1, -0.05) is 26.8 Å². The summed E-state index contributed by atoms with van der Waals surface area (Å²) in [5.74, 6) is -0.977. The van der Waals surface area contributed by atoms with Gasteiger partial charge >= 0.3 is 0 Å². The summed E-state index contributed by atoms with van der Waals surface area (Å²) in [4.78, 5) is 0. The van der Waals surface area contributed by atoms with Crippen molar-refractivity contribution in [1.82, 2.24) is 5.32 Å². The van der Waals surface area contributed by atoms with Gasteiger partial charge in [0, 0.05) is 12.6 Å². The molecule has 1 rings (SSSR count). The van der Waals surface area contributed by atoms with E-state index in [4.69, 9.17) is 0 Å². The lowest BCUT2D eigenvalue weighted by Crippen LogP contribution is -2.31. The summed E-state index contributed by atoms with van der Waals surface area (Å²) in [6.07, 6.45) is 0.603. The van der Waals surface area contributed by atoms with Crippen LogP contribution in [0.4, 0.5) is 8.78 Å². The zero-order valence-corrected chi connectivity index (χ0v) is 10.1. The molecular weight excluding hydrogens is 208 g/mol. The molecule has 0 aliphatic carbocycles. The first-order valence-electron chi connectivity index (χ1n) is 5.59. The molecule has 0 aliphatic heterocycles. The van der Waals surface area contributed by atoms with Gasteiger partial charge in [0.05, 0.1) is 0 Å². The molecule has 3 heteroatoms. The van der Waals surface area contributed by atoms with Crippen LogP contribution in [0, 0.1) is 17.0 Å². The minimum atomic E-state index is -0.522. The van der Waals surface area contributed by atoms with E-state index >= 15 is 0 Å². The van der Waals surface area contributed by atoms with Crippen molar-refractivity contribution in [2.45, 2.75) is 27.2 Å². The molecule has 0 saturated carbocycles. The fourth-order valence-electron chi connectivity index (χ4n) is 1.71. The average molecular weight is 227 g/mol. The van der Waals surface area contributed by atoms with E-state index in [9.17, 15) is 8.78 Å². The van der Waals surface area contributed by atoms with Crippen molar-refractivity contribution >= 4 is 0 Å². The van der Waals surface area contributed by atoms with Gasteiger partial charge in [0.1, 0.15) is 11.6 Å². The molecule has 0 heterocycles. The summed E-state index contributed by atoms with van der Waals surface area (Å²) in [7, 11) is 0. The normalized spacial score (nSPS) is 11.8. The van der Waals surface area contributed by atoms with Crippen molar-refractivity contribution in [3.8, 4) is 0 Å². The third-order valence-corrected chi connectivity index (χ3v) is 2.54. The Morgan fingerprint density at radius 3 is 2.50 bits per heavy atom. The Bertz CT molecular complexity index is 348. The summed E-state index contributed by atoms with van der Waals surface area (Å²) < 4.78 is 26.2. The molecule has 16 heavy (non-hydrogen) atoms. The fourth-order valence-corrected chi connectivity index (χ4v) is 1.71. The molecule has 0 atom stereocenters. The number of benzene rings is 1. The second-order valence-corrected chi connectivity index (χ2v) is 4.86. The van der Waals surface area contributed by atoms with Crippen molar-refractivity contribution in [2.24, 2.45) is 5.41 Å². The molecule has 0 spiro atoms. The molecule has 0 unspecified atom stereocenters. The highest BCUT2D eigenvalue weighted by molar-refractivity contribution is 5.19. The lowest BCUT2D eigenvalue weighted by molar-refractivity contribution is 0.336. The van der Waals surface area contributed by atoms with E-state index in [2.05, 4.69) is 19.2 Å². The highest BCUT2D eigenvalue weighted by Gasteiger charge is 2.19. The summed E-state index contributed by atoms with van der Waals surface area (Å²) in [6, 6.07) is 3.78. The summed E-state index contributed by atoms with van der Waals surface area (Å²) in [5, 5.41) is 3.24. The van der Waals surface area contributed by atoms with E-state index in [1.165, 1.54) is 12.1 Å². The number of halogens is 2. The molecule has 0 aliphatic rings. The van der Waals surface area contributed by atoms with Crippen LogP contribution in [0.2, 0.25) is 0 Å². The SMILES string of the molecule is CCNCC(C)(C)Cc1ccc(F)cc1F. The lowest BCUT2D eigenvalue weighted by atomic mass is 9.85. The first kappa shape index (κ1) is 13.1. The second-order valence-electron chi connectivity index (χ2n) is 4.86. The largest absolute Gasteiger partial charge is 0.316 e. The Morgan fingerprint density at radius 1 is 1.25 bits per heavy atom. The van der Waals surface area contributed by atoms with Gasteiger partial charge in [0.15, 0.2) is 0 Å². The molecule has 1 nitrogen and oxygen atoms in total. The second kappa shape index (κ2) is 5.39. The van der Waals surface area contributed by atoms with Gasteiger partial charge in [-0.05, 0) is 30.0 Å². The monoisotopic (exact) mass is 227 g/mol. The van der Waals surface area contributed by atoms with Gasteiger partial charge in [-0.2, -0.15) is 0 Å². The number of nitrogens with one attached hydrogen (secondary N) is 1. The molecule has 0 amide bonds. The quantitative estimate of drug-likeness (QED) is 0.814. The van der Waals surface area contributed by atoms with E-state index in [0.29, 0.717) is 12.0 Å². The molecule has 0 bridgehead atoms. The standard InChI is InChI=1S/C13H19F2N/c1-4-16-9-13(2,3)8-10-5-6-11(14)7-12(10)15/h5-7,16H,4,8-9H2,1-3H3. The van der Waals surface area contributed by atoms with Crippen LogP contribution in [0.3, 0.4) is 0 Å². The Hall–Kier alpha value is -0.960. The average Bonchev–Trinajstić information content (AvgIpc) is 2.19. The maximum absolute atomic E-state index is 13.4. The molecule has 1 N–H and O–H groups in total. The first-order chi connectivity index (χ1) is 7.44. The lowest BCUT2D eigenvalue weighted by Gasteiger charge is -2.25. The van der Waals surface area contributed by atoms with Gasteiger partial charge < -0.3 is 5.32 Å². The van der Waals surface area contributed by atoms with Crippen LogP contribution in [0.5, 0.6) is 0 Å². The maximum Gasteiger partial charge on any atom is 0.129 e. The Kier molecular flexibility index (Phi) is 4.42. The van der Waals surface area contributed by atoms with Gasteiger partial charge in [0.25, 0.3) is 0 Å². The van der Waals surface area contributed by atoms with E-state index in [0.717, 1.165) is 19.2 Å². The van der Waals surface area contributed by atoms with Crippen molar-refractivity contribution in [1.29, 1.82) is 0 Å². The van der Waals surface area contributed by atoms with Gasteiger partial charge in [0.2, 0.25) is 0 Å². The van der Waals surface area contributed by atoms with Gasteiger partial charge in [-0.15, -0.1) is 0 Å². The minimum absolute atomic E-state index is 0.0331. The summed E-state index contributed by atoms with van der Waals surface area (Å²) in [5.41, 5.74) is 0.540. The smallest absolute Gasteiger partial charge is 0.129 e. The Balaban J connectivity index is 2.71. The summed E-state index contributed by atoms with van der Waals surface area (Å²) in [6.45, 7) is 7.89. The number of hydrogen-bond donors (Lipinski definition) is 1. The van der Waals surface area contributed by atoms with Crippen molar-refractivity contribution in [3.63, 3.8) is 0 Å². The topological polar surface area (TPSA) is 12.0 Å². The maximum atomic E-state index is 13.4. The fraction of sp³-hybridized carbons (Fsp3) is 0.538. The molecule has 90 valence electrons. The summed E-state index contributed by atoms with van der Waals surface area (Å²) >= 11 is 0. The van der Waals surface area contributed by atoms with Gasteiger partial charge in [-0.25, -0.2) is 8.78 Å². The molecule has 0 saturated heterocycles. The van der Waals surface area contributed by atoms with Crippen LogP contribution in [-0.2, 0) is 6.42 Å². The van der Waals surface area contributed by atoms with E-state index in [-0.39, 0.29) is 5.41 Å². The van der Waals surface area contributed by atoms with Crippen LogP contribution in [-0.4, -0.2) is 13.1 Å². The third kappa shape index (κ3) is 3.89. The van der Waals surface area contributed by atoms with Crippen molar-refractivity contribution in [2.75, 3.05) is 13.1 Å². The van der Waals surface area contributed by atoms with Gasteiger partial charge in [-0.3, -0.25) is 0 Å². The predicted molar refractivity (Wildman–Crippen MR) is 62.4 cm³/mol. The Morgan fingerprint density at radius 2 is 1.94 bits per heavy atom. The van der Waals surface area contributed by atoms with Crippen LogP contribution < -0.4 is 5.32 Å². The van der Waals surface area contributed by atoms with Crippen molar-refractivity contribution < 1.29 is 8.78 Å². The highest BCUT2D eigenvalue weighted by Crippen LogP contribution is 2.23. The van der Waals surface area contributed by atoms with Crippen LogP contribution in [0.1, 0.15) is 26.3 Å². The van der Waals surface area contributed by atoms with E-state index in [1.54, 1.807) is 0 Å². The third-order valence-electron chi connectivity index (χ3n) is 2.54. The zero-order chi connectivity index (χ0) is 12.2. The zero-order valence-electron chi connectivity index (χ0n) is 10.1. The Labute approximate surface area is 95.9 Å². The van der Waals surface area contributed by atoms with Crippen LogP contribution >= 0.6 is 0 Å². The molecule has 0 aromatic heterocycles. The minimum Gasteiger partial charge on any atom is -0.316 e. The van der Waals surface area contributed by atoms with Crippen molar-refractivity contribution in [3.05, 3.63) is 35.4 Å². The first-order valence-corrected chi connectivity index (χ1v) is 5.59. The molecule has 1 aromatic carbocycles. The molecule has 1 aromatic rings. The molecule has 0 radical (unpaired) electrons. The highest BCUT2D eigenvalue weighted by atomic mass is 19.1. The predicted octanol–water partition coefficient (Wildman–Crippen LogP) is 3.14. The van der Waals surface area contributed by atoms with E-state index in [1.807, 2.05) is 6.92 Å².